The van der Waals surface area contributed by atoms with Gasteiger partial charge in [-0.2, -0.15) is 0 Å². The minimum atomic E-state index is -0.365. The zero-order valence-electron chi connectivity index (χ0n) is 14.7. The van der Waals surface area contributed by atoms with Gasteiger partial charge in [0, 0.05) is 18.9 Å². The van der Waals surface area contributed by atoms with Gasteiger partial charge in [-0.25, -0.2) is 0 Å². The first-order chi connectivity index (χ1) is 11.9. The highest BCUT2D eigenvalue weighted by Gasteiger charge is 2.34. The molecule has 134 valence electrons. The van der Waals surface area contributed by atoms with Crippen molar-refractivity contribution in [2.24, 2.45) is 0 Å². The summed E-state index contributed by atoms with van der Waals surface area (Å²) >= 11 is 1.22. The van der Waals surface area contributed by atoms with Crippen molar-refractivity contribution in [2.45, 2.75) is 44.1 Å². The number of nitrogens with one attached hydrogen (secondary N) is 1. The first-order valence-electron chi connectivity index (χ1n) is 7.95. The number of aryl methyl sites for hydroxylation is 1. The van der Waals surface area contributed by atoms with E-state index in [1.165, 1.54) is 11.8 Å². The van der Waals surface area contributed by atoms with E-state index in [-0.39, 0.29) is 23.3 Å². The Morgan fingerprint density at radius 2 is 2.24 bits per heavy atom. The van der Waals surface area contributed by atoms with E-state index in [2.05, 4.69) is 15.5 Å². The number of carbonyl (C=O) groups excluding carboxylic acids is 1. The Labute approximate surface area is 150 Å². The number of benzene rings is 1. The quantitative estimate of drug-likeness (QED) is 0.817. The van der Waals surface area contributed by atoms with Gasteiger partial charge in [-0.1, -0.05) is 11.8 Å². The molecule has 0 saturated heterocycles. The number of ether oxygens (including phenoxy) is 2. The molecule has 25 heavy (non-hydrogen) atoms. The molecule has 7 nitrogen and oxygen atoms in total. The molecule has 0 aliphatic carbocycles. The third-order valence-electron chi connectivity index (χ3n) is 3.84. The van der Waals surface area contributed by atoms with E-state index >= 15 is 0 Å². The van der Waals surface area contributed by atoms with Crippen LogP contribution in [0.1, 0.15) is 37.8 Å². The van der Waals surface area contributed by atoms with Gasteiger partial charge in [0.15, 0.2) is 0 Å². The zero-order chi connectivity index (χ0) is 18.0. The summed E-state index contributed by atoms with van der Waals surface area (Å²) in [6.45, 7) is 5.73. The van der Waals surface area contributed by atoms with Gasteiger partial charge in [0.2, 0.25) is 11.8 Å². The summed E-state index contributed by atoms with van der Waals surface area (Å²) in [4.78, 5) is 12.4. The van der Waals surface area contributed by atoms with E-state index < -0.39 is 0 Å². The smallest absolute Gasteiger partial charge is 0.277 e. The summed E-state index contributed by atoms with van der Waals surface area (Å²) in [7, 11) is 1.62. The van der Waals surface area contributed by atoms with Crippen molar-refractivity contribution in [3.8, 4) is 11.5 Å². The predicted octanol–water partition coefficient (Wildman–Crippen LogP) is 2.90. The van der Waals surface area contributed by atoms with E-state index in [0.29, 0.717) is 17.5 Å². The van der Waals surface area contributed by atoms with Crippen LogP contribution in [0.2, 0.25) is 0 Å². The highest BCUT2D eigenvalue weighted by molar-refractivity contribution is 7.99. The molecule has 0 spiro atoms. The van der Waals surface area contributed by atoms with Crippen LogP contribution in [-0.2, 0) is 4.79 Å². The lowest BCUT2D eigenvalue weighted by Crippen LogP contribution is -2.41. The summed E-state index contributed by atoms with van der Waals surface area (Å²) in [6, 6.07) is 5.49. The molecule has 1 aromatic carbocycles. The standard InChI is InChI=1S/C17H21N3O4S/c1-10-19-20-16(23-10)25-9-15(21)18-13-8-17(2,3)24-14-6-5-11(22-4)7-12(13)14/h5-7,13H,8-9H2,1-4H3,(H,18,21)/t13-/m0/s1. The molecule has 0 bridgehead atoms. The van der Waals surface area contributed by atoms with Gasteiger partial charge in [0.1, 0.15) is 17.1 Å². The van der Waals surface area contributed by atoms with E-state index in [1.54, 1.807) is 14.0 Å². The van der Waals surface area contributed by atoms with Crippen molar-refractivity contribution < 1.29 is 18.7 Å². The maximum Gasteiger partial charge on any atom is 0.277 e. The van der Waals surface area contributed by atoms with Gasteiger partial charge in [0.25, 0.3) is 5.22 Å². The molecule has 2 heterocycles. The third-order valence-corrected chi connectivity index (χ3v) is 4.66. The summed E-state index contributed by atoms with van der Waals surface area (Å²) in [5.41, 5.74) is 0.557. The molecule has 1 aromatic heterocycles. The van der Waals surface area contributed by atoms with E-state index in [1.807, 2.05) is 32.0 Å². The lowest BCUT2D eigenvalue weighted by Gasteiger charge is -2.38. The zero-order valence-corrected chi connectivity index (χ0v) is 15.5. The van der Waals surface area contributed by atoms with E-state index in [9.17, 15) is 4.79 Å². The Bertz CT molecular complexity index is 775. The Hall–Kier alpha value is -2.22. The lowest BCUT2D eigenvalue weighted by atomic mass is 9.89. The van der Waals surface area contributed by atoms with Gasteiger partial charge < -0.3 is 19.2 Å². The van der Waals surface area contributed by atoms with Gasteiger partial charge in [0.05, 0.1) is 18.9 Å². The lowest BCUT2D eigenvalue weighted by molar-refractivity contribution is -0.119. The van der Waals surface area contributed by atoms with Crippen LogP contribution in [0.4, 0.5) is 0 Å². The van der Waals surface area contributed by atoms with Crippen LogP contribution in [0.3, 0.4) is 0 Å². The molecule has 1 atom stereocenters. The van der Waals surface area contributed by atoms with Crippen molar-refractivity contribution in [1.82, 2.24) is 15.5 Å². The SMILES string of the molecule is COc1ccc2c(c1)[C@@H](NC(=O)CSc1nnc(C)o1)CC(C)(C)O2. The van der Waals surface area contributed by atoms with E-state index in [4.69, 9.17) is 13.9 Å². The van der Waals surface area contributed by atoms with Crippen LogP contribution in [0.15, 0.2) is 27.8 Å². The molecule has 1 amide bonds. The second-order valence-electron chi connectivity index (χ2n) is 6.47. The number of carbonyl (C=O) groups is 1. The molecule has 3 rings (SSSR count). The fourth-order valence-electron chi connectivity index (χ4n) is 2.79. The van der Waals surface area contributed by atoms with Crippen molar-refractivity contribution >= 4 is 17.7 Å². The fourth-order valence-corrected chi connectivity index (χ4v) is 3.40. The molecule has 0 radical (unpaired) electrons. The topological polar surface area (TPSA) is 86.5 Å². The van der Waals surface area contributed by atoms with Gasteiger partial charge in [-0.3, -0.25) is 4.79 Å². The Morgan fingerprint density at radius 1 is 1.44 bits per heavy atom. The number of rotatable bonds is 5. The summed E-state index contributed by atoms with van der Waals surface area (Å²) < 4.78 is 16.6. The molecule has 1 aliphatic heterocycles. The number of amides is 1. The molecule has 8 heteroatoms. The minimum Gasteiger partial charge on any atom is -0.497 e. The average molecular weight is 363 g/mol. The van der Waals surface area contributed by atoms with Crippen LogP contribution >= 0.6 is 11.8 Å². The third kappa shape index (κ3) is 4.25. The van der Waals surface area contributed by atoms with Crippen LogP contribution in [0, 0.1) is 6.92 Å². The molecule has 2 aromatic rings. The van der Waals surface area contributed by atoms with Crippen LogP contribution in [0.5, 0.6) is 11.5 Å². The highest BCUT2D eigenvalue weighted by atomic mass is 32.2. The number of methoxy groups -OCH3 is 1. The maximum atomic E-state index is 12.4. The predicted molar refractivity (Wildman–Crippen MR) is 93.0 cm³/mol. The van der Waals surface area contributed by atoms with Gasteiger partial charge >= 0.3 is 0 Å². The highest BCUT2D eigenvalue weighted by Crippen LogP contribution is 2.41. The average Bonchev–Trinajstić information content (AvgIpc) is 2.97. The monoisotopic (exact) mass is 363 g/mol. The van der Waals surface area contributed by atoms with Crippen molar-refractivity contribution in [1.29, 1.82) is 0 Å². The van der Waals surface area contributed by atoms with Crippen LogP contribution < -0.4 is 14.8 Å². The molecule has 1 N–H and O–H groups in total. The largest absolute Gasteiger partial charge is 0.497 e. The van der Waals surface area contributed by atoms with Crippen molar-refractivity contribution in [3.63, 3.8) is 0 Å². The second kappa shape index (κ2) is 6.95. The minimum absolute atomic E-state index is 0.0997. The van der Waals surface area contributed by atoms with Crippen LogP contribution in [-0.4, -0.2) is 34.6 Å². The van der Waals surface area contributed by atoms with E-state index in [0.717, 1.165) is 17.1 Å². The second-order valence-corrected chi connectivity index (χ2v) is 7.39. The maximum absolute atomic E-state index is 12.4. The number of fused-ring (bicyclic) bond motifs is 1. The number of hydrogen-bond acceptors (Lipinski definition) is 7. The Morgan fingerprint density at radius 3 is 2.92 bits per heavy atom. The fraction of sp³-hybridized carbons (Fsp3) is 0.471. The molecule has 1 aliphatic rings. The first-order valence-corrected chi connectivity index (χ1v) is 8.94. The van der Waals surface area contributed by atoms with Gasteiger partial charge in [-0.15, -0.1) is 10.2 Å². The van der Waals surface area contributed by atoms with Crippen molar-refractivity contribution in [3.05, 3.63) is 29.7 Å². The normalized spacial score (nSPS) is 18.2. The first kappa shape index (κ1) is 17.6. The molecule has 0 saturated carbocycles. The number of nitrogens with zero attached hydrogens (tertiary/aromatic N) is 2. The van der Waals surface area contributed by atoms with Gasteiger partial charge in [-0.05, 0) is 32.0 Å². The number of thioether (sulfide) groups is 1. The number of hydrogen-bond donors (Lipinski definition) is 1. The van der Waals surface area contributed by atoms with Crippen molar-refractivity contribution in [2.75, 3.05) is 12.9 Å². The Kier molecular flexibility index (Phi) is 4.89. The molecular formula is C17H21N3O4S. The summed E-state index contributed by atoms with van der Waals surface area (Å²) in [5.74, 6) is 2.09. The molecular weight excluding hydrogens is 342 g/mol. The molecule has 0 unspecified atom stereocenters. The summed E-state index contributed by atoms with van der Waals surface area (Å²) in [5, 5.41) is 11.1. The molecule has 0 fully saturated rings. The Balaban J connectivity index is 1.71. The number of aromatic nitrogens is 2. The summed E-state index contributed by atoms with van der Waals surface area (Å²) in [6.07, 6.45) is 0.670. The van der Waals surface area contributed by atoms with Crippen LogP contribution in [0.25, 0.3) is 0 Å².